The predicted octanol–water partition coefficient (Wildman–Crippen LogP) is 2.86. The smallest absolute Gasteiger partial charge is 0.338 e. The molecule has 0 aliphatic carbocycles. The van der Waals surface area contributed by atoms with E-state index in [4.69, 9.17) is 14.7 Å². The van der Waals surface area contributed by atoms with Gasteiger partial charge in [0.1, 0.15) is 5.75 Å². The van der Waals surface area contributed by atoms with E-state index in [2.05, 4.69) is 0 Å². The van der Waals surface area contributed by atoms with Gasteiger partial charge in [-0.1, -0.05) is 12.1 Å². The molecule has 28 heavy (non-hydrogen) atoms. The maximum absolute atomic E-state index is 12.7. The summed E-state index contributed by atoms with van der Waals surface area (Å²) in [6.07, 6.45) is 0.143. The molecule has 2 aromatic carbocycles. The van der Waals surface area contributed by atoms with Gasteiger partial charge < -0.3 is 19.3 Å². The van der Waals surface area contributed by atoms with Crippen molar-refractivity contribution in [1.29, 1.82) is 5.26 Å². The Hall–Kier alpha value is -3.53. The zero-order valence-electron chi connectivity index (χ0n) is 16.2. The molecule has 7 nitrogen and oxygen atoms in total. The molecular formula is C21H23N3O4. The van der Waals surface area contributed by atoms with E-state index in [-0.39, 0.29) is 13.0 Å². The lowest BCUT2D eigenvalue weighted by molar-refractivity contribution is -0.121. The van der Waals surface area contributed by atoms with Gasteiger partial charge in [-0.2, -0.15) is 5.26 Å². The van der Waals surface area contributed by atoms with E-state index in [1.54, 1.807) is 48.5 Å². The van der Waals surface area contributed by atoms with Crippen LogP contribution in [-0.4, -0.2) is 46.2 Å². The average Bonchev–Trinajstić information content (AvgIpc) is 2.72. The van der Waals surface area contributed by atoms with Crippen molar-refractivity contribution in [3.8, 4) is 11.8 Å². The van der Waals surface area contributed by atoms with Crippen molar-refractivity contribution >= 4 is 23.3 Å². The number of methoxy groups -OCH3 is 1. The summed E-state index contributed by atoms with van der Waals surface area (Å²) in [4.78, 5) is 28.2. The molecule has 0 N–H and O–H groups in total. The average molecular weight is 381 g/mol. The number of rotatable bonds is 8. The Bertz CT molecular complexity index is 857. The van der Waals surface area contributed by atoms with Crippen LogP contribution >= 0.6 is 0 Å². The van der Waals surface area contributed by atoms with Crippen LogP contribution in [0.4, 0.5) is 11.4 Å². The van der Waals surface area contributed by atoms with Gasteiger partial charge in [0.05, 0.1) is 30.9 Å². The molecule has 0 fully saturated rings. The van der Waals surface area contributed by atoms with Crippen molar-refractivity contribution < 1.29 is 19.1 Å². The second-order valence-electron chi connectivity index (χ2n) is 6.14. The largest absolute Gasteiger partial charge is 0.495 e. The number of anilines is 2. The number of nitriles is 1. The SMILES string of the molecule is COc1ccccc1N(CCC#N)C(=O)COC(=O)c1ccc(N(C)C)cc1. The minimum absolute atomic E-state index is 0.143. The highest BCUT2D eigenvalue weighted by molar-refractivity contribution is 5.98. The van der Waals surface area contributed by atoms with Crippen LogP contribution < -0.4 is 14.5 Å². The minimum atomic E-state index is -0.584. The van der Waals surface area contributed by atoms with Gasteiger partial charge in [-0.15, -0.1) is 0 Å². The van der Waals surface area contributed by atoms with E-state index in [9.17, 15) is 9.59 Å². The molecule has 0 aliphatic rings. The van der Waals surface area contributed by atoms with Crippen molar-refractivity contribution in [2.75, 3.05) is 44.2 Å². The van der Waals surface area contributed by atoms with Crippen LogP contribution in [0.2, 0.25) is 0 Å². The summed E-state index contributed by atoms with van der Waals surface area (Å²) >= 11 is 0. The molecule has 146 valence electrons. The number of hydrogen-bond acceptors (Lipinski definition) is 6. The van der Waals surface area contributed by atoms with Gasteiger partial charge in [-0.25, -0.2) is 4.79 Å². The van der Waals surface area contributed by atoms with Crippen molar-refractivity contribution in [3.63, 3.8) is 0 Å². The summed E-state index contributed by atoms with van der Waals surface area (Å²) in [5, 5.41) is 8.89. The molecule has 0 atom stereocenters. The number of carbonyl (C=O) groups is 2. The molecule has 0 heterocycles. The molecule has 7 heteroatoms. The van der Waals surface area contributed by atoms with E-state index in [0.717, 1.165) is 5.69 Å². The summed E-state index contributed by atoms with van der Waals surface area (Å²) in [6.45, 7) is -0.261. The Balaban J connectivity index is 2.08. The number of amides is 1. The van der Waals surface area contributed by atoms with Crippen molar-refractivity contribution in [3.05, 3.63) is 54.1 Å². The second-order valence-corrected chi connectivity index (χ2v) is 6.14. The first-order valence-corrected chi connectivity index (χ1v) is 8.72. The summed E-state index contributed by atoms with van der Waals surface area (Å²) in [5.74, 6) is -0.517. The lowest BCUT2D eigenvalue weighted by Gasteiger charge is -2.23. The van der Waals surface area contributed by atoms with Crippen LogP contribution in [0.1, 0.15) is 16.8 Å². The maximum Gasteiger partial charge on any atom is 0.338 e. The predicted molar refractivity (Wildman–Crippen MR) is 107 cm³/mol. The topological polar surface area (TPSA) is 82.9 Å². The Morgan fingerprint density at radius 2 is 1.75 bits per heavy atom. The third-order valence-corrected chi connectivity index (χ3v) is 4.07. The van der Waals surface area contributed by atoms with Crippen molar-refractivity contribution in [2.45, 2.75) is 6.42 Å². The van der Waals surface area contributed by atoms with E-state index >= 15 is 0 Å². The normalized spacial score (nSPS) is 9.93. The number of benzene rings is 2. The molecule has 0 radical (unpaired) electrons. The number of para-hydroxylation sites is 2. The fraction of sp³-hybridized carbons (Fsp3) is 0.286. The van der Waals surface area contributed by atoms with Crippen LogP contribution in [0.3, 0.4) is 0 Å². The second kappa shape index (κ2) is 9.97. The van der Waals surface area contributed by atoms with Gasteiger partial charge >= 0.3 is 5.97 Å². The van der Waals surface area contributed by atoms with E-state index in [0.29, 0.717) is 17.0 Å². The molecule has 2 aromatic rings. The van der Waals surface area contributed by atoms with Crippen LogP contribution in [0, 0.1) is 11.3 Å². The van der Waals surface area contributed by atoms with Gasteiger partial charge in [0.15, 0.2) is 6.61 Å². The Kier molecular flexibility index (Phi) is 7.40. The van der Waals surface area contributed by atoms with Gasteiger partial charge in [0.2, 0.25) is 0 Å². The van der Waals surface area contributed by atoms with E-state index < -0.39 is 18.5 Å². The van der Waals surface area contributed by atoms with E-state index in [1.807, 2.05) is 25.1 Å². The zero-order valence-corrected chi connectivity index (χ0v) is 16.2. The molecule has 0 aliphatic heterocycles. The van der Waals surface area contributed by atoms with Crippen LogP contribution in [0.15, 0.2) is 48.5 Å². The number of nitrogens with zero attached hydrogens (tertiary/aromatic N) is 3. The molecule has 0 unspecified atom stereocenters. The van der Waals surface area contributed by atoms with Gasteiger partial charge in [0.25, 0.3) is 5.91 Å². The number of carbonyl (C=O) groups excluding carboxylic acids is 2. The summed E-state index contributed by atoms with van der Waals surface area (Å²) in [5.41, 5.74) is 1.84. The third kappa shape index (κ3) is 5.24. The maximum atomic E-state index is 12.7. The van der Waals surface area contributed by atoms with Crippen molar-refractivity contribution in [2.24, 2.45) is 0 Å². The van der Waals surface area contributed by atoms with Gasteiger partial charge in [-0.3, -0.25) is 4.79 Å². The Morgan fingerprint density at radius 3 is 2.36 bits per heavy atom. The monoisotopic (exact) mass is 381 g/mol. The molecule has 0 spiro atoms. The summed E-state index contributed by atoms with van der Waals surface area (Å²) in [7, 11) is 5.31. The number of ether oxygens (including phenoxy) is 2. The number of esters is 1. The van der Waals surface area contributed by atoms with Crippen LogP contribution in [-0.2, 0) is 9.53 Å². The standard InChI is InChI=1S/C21H23N3O4/c1-23(2)17-11-9-16(10-12-17)21(26)28-15-20(25)24(14-6-13-22)18-7-4-5-8-19(18)27-3/h4-5,7-12H,6,14-15H2,1-3H3. The van der Waals surface area contributed by atoms with Gasteiger partial charge in [-0.05, 0) is 36.4 Å². The Morgan fingerprint density at radius 1 is 1.07 bits per heavy atom. The van der Waals surface area contributed by atoms with Gasteiger partial charge in [0, 0.05) is 26.3 Å². The van der Waals surface area contributed by atoms with Crippen LogP contribution in [0.5, 0.6) is 5.75 Å². The highest BCUT2D eigenvalue weighted by Gasteiger charge is 2.21. The first-order valence-electron chi connectivity index (χ1n) is 8.72. The summed E-state index contributed by atoms with van der Waals surface area (Å²) < 4.78 is 10.5. The zero-order chi connectivity index (χ0) is 20.5. The first kappa shape index (κ1) is 20.8. The molecule has 0 bridgehead atoms. The molecule has 0 aromatic heterocycles. The fourth-order valence-electron chi connectivity index (χ4n) is 2.58. The highest BCUT2D eigenvalue weighted by atomic mass is 16.5. The molecule has 1 amide bonds. The quantitative estimate of drug-likeness (QED) is 0.654. The lowest BCUT2D eigenvalue weighted by Crippen LogP contribution is -2.35. The Labute approximate surface area is 164 Å². The highest BCUT2D eigenvalue weighted by Crippen LogP contribution is 2.28. The molecule has 0 saturated heterocycles. The van der Waals surface area contributed by atoms with Crippen molar-refractivity contribution in [1.82, 2.24) is 0 Å². The minimum Gasteiger partial charge on any atom is -0.495 e. The molecule has 2 rings (SSSR count). The fourth-order valence-corrected chi connectivity index (χ4v) is 2.58. The molecular weight excluding hydrogens is 358 g/mol. The molecule has 0 saturated carbocycles. The summed E-state index contributed by atoms with van der Waals surface area (Å²) in [6, 6.07) is 15.9. The third-order valence-electron chi connectivity index (χ3n) is 4.07. The van der Waals surface area contributed by atoms with Crippen LogP contribution in [0.25, 0.3) is 0 Å². The number of hydrogen-bond donors (Lipinski definition) is 0. The lowest BCUT2D eigenvalue weighted by atomic mass is 10.2. The van der Waals surface area contributed by atoms with E-state index in [1.165, 1.54) is 12.0 Å². The first-order chi connectivity index (χ1) is 13.5.